The number of rotatable bonds is 6. The summed E-state index contributed by atoms with van der Waals surface area (Å²) in [6, 6.07) is 3.27. The molecule has 6 nitrogen and oxygen atoms in total. The van der Waals surface area contributed by atoms with E-state index in [2.05, 4.69) is 0 Å². The van der Waals surface area contributed by atoms with Gasteiger partial charge in [-0.15, -0.1) is 0 Å². The molecule has 0 saturated carbocycles. The third-order valence-corrected chi connectivity index (χ3v) is 2.31. The predicted molar refractivity (Wildman–Crippen MR) is 62.6 cm³/mol. The van der Waals surface area contributed by atoms with E-state index in [1.54, 1.807) is 26.0 Å². The third kappa shape index (κ3) is 3.10. The van der Waals surface area contributed by atoms with Crippen LogP contribution < -0.4 is 5.73 Å². The second-order valence-electron chi connectivity index (χ2n) is 3.67. The van der Waals surface area contributed by atoms with Gasteiger partial charge in [0.05, 0.1) is 19.5 Å². The molecule has 0 unspecified atom stereocenters. The number of furan rings is 1. The van der Waals surface area contributed by atoms with E-state index in [4.69, 9.17) is 19.6 Å². The molecule has 6 heteroatoms. The number of carbonyl (C=O) groups excluding carboxylic acids is 2. The highest BCUT2D eigenvalue weighted by Crippen LogP contribution is 2.16. The molecule has 100 valence electrons. The molecule has 1 heterocycles. The van der Waals surface area contributed by atoms with Crippen molar-refractivity contribution in [2.24, 2.45) is 5.73 Å². The van der Waals surface area contributed by atoms with Crippen LogP contribution in [0.4, 0.5) is 0 Å². The Labute approximate surface area is 105 Å². The van der Waals surface area contributed by atoms with Crippen molar-refractivity contribution in [3.8, 4) is 0 Å². The monoisotopic (exact) mass is 255 g/mol. The van der Waals surface area contributed by atoms with Crippen LogP contribution in [0.3, 0.4) is 0 Å². The van der Waals surface area contributed by atoms with E-state index in [-0.39, 0.29) is 19.6 Å². The fourth-order valence-corrected chi connectivity index (χ4v) is 1.44. The highest BCUT2D eigenvalue weighted by Gasteiger charge is 2.46. The van der Waals surface area contributed by atoms with Crippen LogP contribution in [-0.4, -0.2) is 30.7 Å². The molecule has 0 aliphatic heterocycles. The van der Waals surface area contributed by atoms with Crippen LogP contribution in [0.15, 0.2) is 22.8 Å². The van der Waals surface area contributed by atoms with Gasteiger partial charge in [-0.25, -0.2) is 9.59 Å². The molecular formula is C12H17NO5. The zero-order valence-electron chi connectivity index (χ0n) is 10.5. The van der Waals surface area contributed by atoms with Crippen LogP contribution >= 0.6 is 0 Å². The van der Waals surface area contributed by atoms with Crippen molar-refractivity contribution < 1.29 is 23.5 Å². The Morgan fingerprint density at radius 1 is 1.28 bits per heavy atom. The van der Waals surface area contributed by atoms with Crippen molar-refractivity contribution in [3.05, 3.63) is 24.2 Å². The second kappa shape index (κ2) is 6.20. The fourth-order valence-electron chi connectivity index (χ4n) is 1.44. The van der Waals surface area contributed by atoms with E-state index >= 15 is 0 Å². The number of hydrogen-bond donors (Lipinski definition) is 1. The van der Waals surface area contributed by atoms with Crippen LogP contribution in [-0.2, 0) is 25.5 Å². The number of nitrogens with two attached hydrogens (primary N) is 1. The Morgan fingerprint density at radius 3 is 2.22 bits per heavy atom. The van der Waals surface area contributed by atoms with Gasteiger partial charge in [-0.2, -0.15) is 0 Å². The predicted octanol–water partition coefficient (Wildman–Crippen LogP) is 0.646. The quantitative estimate of drug-likeness (QED) is 0.592. The molecule has 0 bridgehead atoms. The van der Waals surface area contributed by atoms with Crippen molar-refractivity contribution in [1.29, 1.82) is 0 Å². The summed E-state index contributed by atoms with van der Waals surface area (Å²) >= 11 is 0. The number of carbonyl (C=O) groups is 2. The van der Waals surface area contributed by atoms with Gasteiger partial charge in [0, 0.05) is 6.42 Å². The lowest BCUT2D eigenvalue weighted by atomic mass is 9.95. The summed E-state index contributed by atoms with van der Waals surface area (Å²) in [6.07, 6.45) is 1.34. The summed E-state index contributed by atoms with van der Waals surface area (Å²) in [5.74, 6) is -1.22. The maximum Gasteiger partial charge on any atom is 0.338 e. The molecule has 0 aromatic carbocycles. The van der Waals surface area contributed by atoms with Gasteiger partial charge in [-0.3, -0.25) is 0 Å². The van der Waals surface area contributed by atoms with Gasteiger partial charge in [0.25, 0.3) is 0 Å². The van der Waals surface area contributed by atoms with E-state index in [0.29, 0.717) is 5.76 Å². The molecule has 0 radical (unpaired) electrons. The highest BCUT2D eigenvalue weighted by molar-refractivity contribution is 6.04. The second-order valence-corrected chi connectivity index (χ2v) is 3.67. The summed E-state index contributed by atoms with van der Waals surface area (Å²) in [6.45, 7) is 3.54. The molecule has 1 rings (SSSR count). The van der Waals surface area contributed by atoms with Gasteiger partial charge < -0.3 is 19.6 Å². The Bertz CT molecular complexity index is 381. The van der Waals surface area contributed by atoms with Crippen molar-refractivity contribution in [1.82, 2.24) is 0 Å². The molecule has 0 saturated heterocycles. The fraction of sp³-hybridized carbons (Fsp3) is 0.500. The van der Waals surface area contributed by atoms with Crippen molar-refractivity contribution in [2.75, 3.05) is 13.2 Å². The molecular weight excluding hydrogens is 238 g/mol. The Balaban J connectivity index is 2.92. The molecule has 0 aliphatic carbocycles. The van der Waals surface area contributed by atoms with Crippen LogP contribution in [0.2, 0.25) is 0 Å². The van der Waals surface area contributed by atoms with Gasteiger partial charge in [-0.05, 0) is 26.0 Å². The number of hydrogen-bond acceptors (Lipinski definition) is 6. The van der Waals surface area contributed by atoms with Crippen LogP contribution in [0, 0.1) is 0 Å². The van der Waals surface area contributed by atoms with Gasteiger partial charge in [0.2, 0.25) is 5.54 Å². The SMILES string of the molecule is CCOC(=O)C(N)(Cc1ccco1)C(=O)OCC. The summed E-state index contributed by atoms with van der Waals surface area (Å²) in [5, 5.41) is 0. The Kier molecular flexibility index (Phi) is 4.91. The molecule has 1 aromatic heterocycles. The van der Waals surface area contributed by atoms with Crippen molar-refractivity contribution in [2.45, 2.75) is 25.8 Å². The maximum atomic E-state index is 11.8. The van der Waals surface area contributed by atoms with Gasteiger partial charge in [0.1, 0.15) is 5.76 Å². The summed E-state index contributed by atoms with van der Waals surface area (Å²) in [5.41, 5.74) is 3.97. The molecule has 0 spiro atoms. The number of esters is 2. The molecule has 0 amide bonds. The average molecular weight is 255 g/mol. The standard InChI is InChI=1S/C12H17NO5/c1-3-16-10(14)12(13,11(15)17-4-2)8-9-6-5-7-18-9/h5-7H,3-4,8,13H2,1-2H3. The smallest absolute Gasteiger partial charge is 0.338 e. The first-order chi connectivity index (χ1) is 8.54. The molecule has 0 aliphatic rings. The van der Waals surface area contributed by atoms with Gasteiger partial charge >= 0.3 is 11.9 Å². The highest BCUT2D eigenvalue weighted by atomic mass is 16.6. The van der Waals surface area contributed by atoms with E-state index in [9.17, 15) is 9.59 Å². The molecule has 2 N–H and O–H groups in total. The molecule has 0 atom stereocenters. The lowest BCUT2D eigenvalue weighted by Crippen LogP contribution is -2.58. The first-order valence-electron chi connectivity index (χ1n) is 5.70. The maximum absolute atomic E-state index is 11.8. The van der Waals surface area contributed by atoms with Crippen molar-refractivity contribution >= 4 is 11.9 Å². The minimum atomic E-state index is -1.87. The minimum Gasteiger partial charge on any atom is -0.469 e. The normalized spacial score (nSPS) is 11.1. The lowest BCUT2D eigenvalue weighted by Gasteiger charge is -2.23. The summed E-state index contributed by atoms with van der Waals surface area (Å²) in [4.78, 5) is 23.6. The van der Waals surface area contributed by atoms with E-state index in [1.165, 1.54) is 6.26 Å². The topological polar surface area (TPSA) is 91.8 Å². The first kappa shape index (κ1) is 14.2. The average Bonchev–Trinajstić information content (AvgIpc) is 2.82. The van der Waals surface area contributed by atoms with Crippen LogP contribution in [0.25, 0.3) is 0 Å². The van der Waals surface area contributed by atoms with E-state index in [0.717, 1.165) is 0 Å². The molecule has 1 aromatic rings. The van der Waals surface area contributed by atoms with E-state index in [1.807, 2.05) is 0 Å². The third-order valence-electron chi connectivity index (χ3n) is 2.31. The van der Waals surface area contributed by atoms with Gasteiger partial charge in [-0.1, -0.05) is 0 Å². The Morgan fingerprint density at radius 2 is 1.83 bits per heavy atom. The number of ether oxygens (including phenoxy) is 2. The summed E-state index contributed by atoms with van der Waals surface area (Å²) < 4.78 is 14.7. The lowest BCUT2D eigenvalue weighted by molar-refractivity contribution is -0.164. The largest absolute Gasteiger partial charge is 0.469 e. The van der Waals surface area contributed by atoms with Crippen LogP contribution in [0.1, 0.15) is 19.6 Å². The van der Waals surface area contributed by atoms with E-state index < -0.39 is 17.5 Å². The molecule has 0 fully saturated rings. The first-order valence-corrected chi connectivity index (χ1v) is 5.70. The molecule has 18 heavy (non-hydrogen) atoms. The zero-order chi connectivity index (χ0) is 13.6. The zero-order valence-corrected chi connectivity index (χ0v) is 10.5. The van der Waals surface area contributed by atoms with Crippen molar-refractivity contribution in [3.63, 3.8) is 0 Å². The summed E-state index contributed by atoms with van der Waals surface area (Å²) in [7, 11) is 0. The Hall–Kier alpha value is -1.82. The van der Waals surface area contributed by atoms with Gasteiger partial charge in [0.15, 0.2) is 0 Å². The minimum absolute atomic E-state index is 0.0995. The van der Waals surface area contributed by atoms with Crippen LogP contribution in [0.5, 0.6) is 0 Å².